The van der Waals surface area contributed by atoms with Gasteiger partial charge >= 0.3 is 0 Å². The highest BCUT2D eigenvalue weighted by atomic mass is 32.1. The van der Waals surface area contributed by atoms with Gasteiger partial charge in [-0.1, -0.05) is 29.5 Å². The van der Waals surface area contributed by atoms with Crippen LogP contribution in [0.2, 0.25) is 0 Å². The van der Waals surface area contributed by atoms with Gasteiger partial charge in [0.05, 0.1) is 18.0 Å². The largest absolute Gasteiger partial charge is 0.494 e. The van der Waals surface area contributed by atoms with Crippen LogP contribution in [0.15, 0.2) is 48.7 Å². The Hall–Kier alpha value is -2.84. The van der Waals surface area contributed by atoms with E-state index in [0.29, 0.717) is 31.8 Å². The molecule has 0 saturated heterocycles. The molecule has 1 amide bonds. The first kappa shape index (κ1) is 16.6. The van der Waals surface area contributed by atoms with Crippen LogP contribution in [0.25, 0.3) is 20.8 Å². The zero-order valence-electron chi connectivity index (χ0n) is 13.5. The number of carbonyl (C=O) groups excluding carboxylic acids is 1. The molecule has 0 unspecified atom stereocenters. The number of benzene rings is 2. The standard InChI is InChI=1S/C18H12FN3O2S2/c1-24-12-7-4-8-13-15(12)21-18(26-13)22-16(23)14-9-20-17(25-14)10-5-2-3-6-11(10)19/h2-9H,1H3,(H,21,22,23). The molecule has 4 rings (SSSR count). The molecule has 0 atom stereocenters. The van der Waals surface area contributed by atoms with Gasteiger partial charge in [0.2, 0.25) is 0 Å². The lowest BCUT2D eigenvalue weighted by Crippen LogP contribution is -2.09. The number of thiazole rings is 2. The number of fused-ring (bicyclic) bond motifs is 1. The quantitative estimate of drug-likeness (QED) is 0.547. The van der Waals surface area contributed by atoms with Crippen molar-refractivity contribution in [1.29, 1.82) is 0 Å². The molecule has 130 valence electrons. The highest BCUT2D eigenvalue weighted by molar-refractivity contribution is 7.22. The summed E-state index contributed by atoms with van der Waals surface area (Å²) in [5, 5.41) is 3.69. The summed E-state index contributed by atoms with van der Waals surface area (Å²) in [6.45, 7) is 0. The maximum atomic E-state index is 13.9. The number of methoxy groups -OCH3 is 1. The van der Waals surface area contributed by atoms with E-state index in [4.69, 9.17) is 4.74 Å². The molecule has 2 aromatic heterocycles. The maximum absolute atomic E-state index is 13.9. The molecule has 0 aliphatic carbocycles. The molecule has 0 aliphatic rings. The van der Waals surface area contributed by atoms with Gasteiger partial charge in [-0.2, -0.15) is 0 Å². The van der Waals surface area contributed by atoms with Crippen LogP contribution in [0.5, 0.6) is 5.75 Å². The van der Waals surface area contributed by atoms with Crippen LogP contribution in [0, 0.1) is 5.82 Å². The van der Waals surface area contributed by atoms with E-state index >= 15 is 0 Å². The lowest BCUT2D eigenvalue weighted by molar-refractivity contribution is 0.103. The van der Waals surface area contributed by atoms with Crippen LogP contribution in [-0.2, 0) is 0 Å². The third kappa shape index (κ3) is 3.04. The van der Waals surface area contributed by atoms with Crippen LogP contribution in [-0.4, -0.2) is 23.0 Å². The third-order valence-corrected chi connectivity index (χ3v) is 5.62. The molecule has 0 aliphatic heterocycles. The molecule has 0 saturated carbocycles. The minimum absolute atomic E-state index is 0.330. The second-order valence-corrected chi connectivity index (χ2v) is 7.35. The SMILES string of the molecule is COc1cccc2sc(NC(=O)c3cnc(-c4ccccc4F)s3)nc12. The van der Waals surface area contributed by atoms with Gasteiger partial charge in [0.15, 0.2) is 5.13 Å². The van der Waals surface area contributed by atoms with Crippen LogP contribution in [0.3, 0.4) is 0 Å². The zero-order valence-corrected chi connectivity index (χ0v) is 15.2. The van der Waals surface area contributed by atoms with Gasteiger partial charge in [-0.15, -0.1) is 11.3 Å². The number of nitrogens with one attached hydrogen (secondary N) is 1. The Kier molecular flexibility index (Phi) is 4.36. The Morgan fingerprint density at radius 1 is 1.15 bits per heavy atom. The zero-order chi connectivity index (χ0) is 18.1. The number of aromatic nitrogens is 2. The average molecular weight is 385 g/mol. The van der Waals surface area contributed by atoms with E-state index in [9.17, 15) is 9.18 Å². The predicted octanol–water partition coefficient (Wildman–Crippen LogP) is 4.82. The fourth-order valence-electron chi connectivity index (χ4n) is 2.44. The van der Waals surface area contributed by atoms with Gasteiger partial charge < -0.3 is 4.74 Å². The average Bonchev–Trinajstić information content (AvgIpc) is 3.28. The predicted molar refractivity (Wildman–Crippen MR) is 102 cm³/mol. The molecule has 8 heteroatoms. The van der Waals surface area contributed by atoms with Crippen LogP contribution in [0.4, 0.5) is 9.52 Å². The second kappa shape index (κ2) is 6.81. The molecular formula is C18H12FN3O2S2. The Bertz CT molecular complexity index is 1110. The van der Waals surface area contributed by atoms with Crippen LogP contribution >= 0.6 is 22.7 Å². The van der Waals surface area contributed by atoms with E-state index < -0.39 is 0 Å². The van der Waals surface area contributed by atoms with Gasteiger partial charge in [0.25, 0.3) is 5.91 Å². The summed E-state index contributed by atoms with van der Waals surface area (Å²) in [5.74, 6) is -0.0472. The number of rotatable bonds is 4. The maximum Gasteiger partial charge on any atom is 0.269 e. The Balaban J connectivity index is 1.59. The van der Waals surface area contributed by atoms with Crippen molar-refractivity contribution in [1.82, 2.24) is 9.97 Å². The molecule has 0 spiro atoms. The number of anilines is 1. The van der Waals surface area contributed by atoms with E-state index in [1.807, 2.05) is 18.2 Å². The summed E-state index contributed by atoms with van der Waals surface area (Å²) < 4.78 is 20.1. The van der Waals surface area contributed by atoms with E-state index in [0.717, 1.165) is 16.0 Å². The topological polar surface area (TPSA) is 64.1 Å². The first-order chi connectivity index (χ1) is 12.7. The molecule has 26 heavy (non-hydrogen) atoms. The van der Waals surface area contributed by atoms with E-state index in [1.54, 1.807) is 25.3 Å². The summed E-state index contributed by atoms with van der Waals surface area (Å²) in [7, 11) is 1.58. The highest BCUT2D eigenvalue weighted by Crippen LogP contribution is 2.33. The minimum Gasteiger partial charge on any atom is -0.494 e. The molecule has 1 N–H and O–H groups in total. The molecule has 0 fully saturated rings. The number of hydrogen-bond acceptors (Lipinski definition) is 6. The molecular weight excluding hydrogens is 373 g/mol. The lowest BCUT2D eigenvalue weighted by Gasteiger charge is -1.99. The number of nitrogens with zero attached hydrogens (tertiary/aromatic N) is 2. The molecule has 0 radical (unpaired) electrons. The van der Waals surface area contributed by atoms with Crippen molar-refractivity contribution < 1.29 is 13.9 Å². The Labute approximate surface area is 156 Å². The van der Waals surface area contributed by atoms with Crippen molar-refractivity contribution in [3.05, 3.63) is 59.4 Å². The number of amides is 1. The third-order valence-electron chi connectivity index (χ3n) is 3.66. The van der Waals surface area contributed by atoms with E-state index in [1.165, 1.54) is 23.6 Å². The van der Waals surface area contributed by atoms with Gasteiger partial charge in [-0.25, -0.2) is 14.4 Å². The summed E-state index contributed by atoms with van der Waals surface area (Å²) in [4.78, 5) is 21.4. The molecule has 2 aromatic carbocycles. The number of para-hydroxylation sites is 1. The van der Waals surface area contributed by atoms with Gasteiger partial charge in [0, 0.05) is 5.56 Å². The minimum atomic E-state index is -0.368. The molecule has 0 bridgehead atoms. The van der Waals surface area contributed by atoms with Crippen molar-refractivity contribution in [2.75, 3.05) is 12.4 Å². The second-order valence-electron chi connectivity index (χ2n) is 5.29. The number of ether oxygens (including phenoxy) is 1. The first-order valence-electron chi connectivity index (χ1n) is 7.61. The number of carbonyl (C=O) groups is 1. The van der Waals surface area contributed by atoms with Crippen molar-refractivity contribution in [3.63, 3.8) is 0 Å². The van der Waals surface area contributed by atoms with E-state index in [-0.39, 0.29) is 11.7 Å². The van der Waals surface area contributed by atoms with Crippen LogP contribution in [0.1, 0.15) is 9.67 Å². The highest BCUT2D eigenvalue weighted by Gasteiger charge is 2.16. The van der Waals surface area contributed by atoms with E-state index in [2.05, 4.69) is 15.3 Å². The smallest absolute Gasteiger partial charge is 0.269 e. The van der Waals surface area contributed by atoms with Crippen LogP contribution < -0.4 is 10.1 Å². The van der Waals surface area contributed by atoms with Gasteiger partial charge in [0.1, 0.15) is 27.0 Å². The fraction of sp³-hybridized carbons (Fsp3) is 0.0556. The number of halogens is 1. The molecule has 2 heterocycles. The first-order valence-corrected chi connectivity index (χ1v) is 9.24. The summed E-state index contributed by atoms with van der Waals surface area (Å²) >= 11 is 2.49. The van der Waals surface area contributed by atoms with Crippen molar-refractivity contribution in [3.8, 4) is 16.3 Å². The van der Waals surface area contributed by atoms with Crippen molar-refractivity contribution >= 4 is 43.9 Å². The lowest BCUT2D eigenvalue weighted by atomic mass is 10.2. The van der Waals surface area contributed by atoms with Crippen molar-refractivity contribution in [2.45, 2.75) is 0 Å². The fourth-order valence-corrected chi connectivity index (χ4v) is 4.16. The number of hydrogen-bond donors (Lipinski definition) is 1. The van der Waals surface area contributed by atoms with Gasteiger partial charge in [-0.05, 0) is 24.3 Å². The molecule has 4 aromatic rings. The summed E-state index contributed by atoms with van der Waals surface area (Å²) in [6, 6.07) is 11.9. The summed E-state index contributed by atoms with van der Waals surface area (Å²) in [5.41, 5.74) is 1.08. The Morgan fingerprint density at radius 2 is 2.00 bits per heavy atom. The monoisotopic (exact) mass is 385 g/mol. The Morgan fingerprint density at radius 3 is 2.81 bits per heavy atom. The van der Waals surface area contributed by atoms with Crippen molar-refractivity contribution in [2.24, 2.45) is 0 Å². The van der Waals surface area contributed by atoms with Gasteiger partial charge in [-0.3, -0.25) is 10.1 Å². The normalized spacial score (nSPS) is 10.8. The summed E-state index contributed by atoms with van der Waals surface area (Å²) in [6.07, 6.45) is 1.44. The molecule has 5 nitrogen and oxygen atoms in total.